The molecule has 0 saturated heterocycles. The standard InChI is InChI=1S/C25H20BrFN4O4/c1-34-22-13-18(12-21(26)23(22)35-15-17-2-6-19(27)7-3-17)14-29-31-25(33)24(32)30-20-8-4-16(5-9-20)10-11-28/h2-9,12-14H,10,15H2,1H3,(H,30,32)(H,31,33)/b29-14+. The predicted octanol–water partition coefficient (Wildman–Crippen LogP) is 4.33. The molecule has 0 unspecified atom stereocenters. The molecule has 3 aromatic rings. The third-order valence-corrected chi connectivity index (χ3v) is 5.22. The van der Waals surface area contributed by atoms with Crippen LogP contribution in [0.4, 0.5) is 10.1 Å². The van der Waals surface area contributed by atoms with E-state index in [1.54, 1.807) is 48.5 Å². The van der Waals surface area contributed by atoms with Gasteiger partial charge in [-0.1, -0.05) is 24.3 Å². The number of nitrogens with one attached hydrogen (secondary N) is 2. The number of benzene rings is 3. The minimum absolute atomic E-state index is 0.203. The van der Waals surface area contributed by atoms with Crippen LogP contribution in [0.3, 0.4) is 0 Å². The molecule has 3 aromatic carbocycles. The van der Waals surface area contributed by atoms with E-state index in [-0.39, 0.29) is 18.8 Å². The Bertz CT molecular complexity index is 1270. The van der Waals surface area contributed by atoms with E-state index in [1.807, 2.05) is 6.07 Å². The van der Waals surface area contributed by atoms with Gasteiger partial charge in [0.05, 0.1) is 30.3 Å². The highest BCUT2D eigenvalue weighted by Gasteiger charge is 2.14. The van der Waals surface area contributed by atoms with Crippen molar-refractivity contribution in [3.63, 3.8) is 0 Å². The molecule has 10 heteroatoms. The van der Waals surface area contributed by atoms with Crippen molar-refractivity contribution in [1.29, 1.82) is 5.26 Å². The zero-order valence-corrected chi connectivity index (χ0v) is 20.1. The van der Waals surface area contributed by atoms with E-state index in [0.29, 0.717) is 27.2 Å². The lowest BCUT2D eigenvalue weighted by Crippen LogP contribution is -2.32. The van der Waals surface area contributed by atoms with Gasteiger partial charge in [-0.2, -0.15) is 10.4 Å². The molecule has 0 fully saturated rings. The number of hydrogen-bond donors (Lipinski definition) is 2. The zero-order valence-electron chi connectivity index (χ0n) is 18.5. The fourth-order valence-electron chi connectivity index (χ4n) is 2.89. The Morgan fingerprint density at radius 2 is 1.77 bits per heavy atom. The highest BCUT2D eigenvalue weighted by molar-refractivity contribution is 9.10. The Labute approximate surface area is 209 Å². The van der Waals surface area contributed by atoms with Crippen LogP contribution in [0.5, 0.6) is 11.5 Å². The molecule has 0 aliphatic carbocycles. The van der Waals surface area contributed by atoms with E-state index in [2.05, 4.69) is 31.8 Å². The average molecular weight is 539 g/mol. The van der Waals surface area contributed by atoms with Crippen LogP contribution in [0.25, 0.3) is 0 Å². The van der Waals surface area contributed by atoms with Gasteiger partial charge in [0.1, 0.15) is 12.4 Å². The second-order valence-electron chi connectivity index (χ2n) is 7.13. The van der Waals surface area contributed by atoms with Crippen molar-refractivity contribution in [2.24, 2.45) is 5.10 Å². The van der Waals surface area contributed by atoms with E-state index in [0.717, 1.165) is 11.1 Å². The molecule has 0 saturated carbocycles. The lowest BCUT2D eigenvalue weighted by atomic mass is 10.1. The zero-order chi connectivity index (χ0) is 25.2. The molecular formula is C25H20BrFN4O4. The van der Waals surface area contributed by atoms with Gasteiger partial charge in [-0.05, 0) is 69.0 Å². The Hall–Kier alpha value is -4.23. The molecule has 0 aromatic heterocycles. The van der Waals surface area contributed by atoms with Crippen molar-refractivity contribution >= 4 is 39.6 Å². The average Bonchev–Trinajstić information content (AvgIpc) is 2.85. The molecule has 2 amide bonds. The second-order valence-corrected chi connectivity index (χ2v) is 7.99. The third kappa shape index (κ3) is 7.38. The van der Waals surface area contributed by atoms with Crippen LogP contribution < -0.4 is 20.2 Å². The van der Waals surface area contributed by atoms with Gasteiger partial charge in [0.25, 0.3) is 0 Å². The van der Waals surface area contributed by atoms with Crippen molar-refractivity contribution in [2.45, 2.75) is 13.0 Å². The maximum Gasteiger partial charge on any atom is 0.329 e. The summed E-state index contributed by atoms with van der Waals surface area (Å²) in [4.78, 5) is 24.1. The number of halogens is 2. The first-order chi connectivity index (χ1) is 16.9. The Balaban J connectivity index is 1.59. The van der Waals surface area contributed by atoms with Crippen LogP contribution in [0.1, 0.15) is 16.7 Å². The van der Waals surface area contributed by atoms with Crippen molar-refractivity contribution in [3.05, 3.63) is 87.6 Å². The largest absolute Gasteiger partial charge is 0.493 e. The smallest absolute Gasteiger partial charge is 0.329 e. The summed E-state index contributed by atoms with van der Waals surface area (Å²) in [5, 5.41) is 15.0. The maximum atomic E-state index is 13.1. The quantitative estimate of drug-likeness (QED) is 0.252. The van der Waals surface area contributed by atoms with Crippen LogP contribution in [-0.4, -0.2) is 25.1 Å². The van der Waals surface area contributed by atoms with Gasteiger partial charge in [0.15, 0.2) is 11.5 Å². The van der Waals surface area contributed by atoms with Crippen molar-refractivity contribution in [2.75, 3.05) is 12.4 Å². The minimum Gasteiger partial charge on any atom is -0.493 e. The molecule has 35 heavy (non-hydrogen) atoms. The first kappa shape index (κ1) is 25.4. The van der Waals surface area contributed by atoms with Crippen LogP contribution in [0.15, 0.2) is 70.2 Å². The Kier molecular flexibility index (Phi) is 8.92. The summed E-state index contributed by atoms with van der Waals surface area (Å²) < 4.78 is 24.8. The van der Waals surface area contributed by atoms with E-state index >= 15 is 0 Å². The number of amides is 2. The van der Waals surface area contributed by atoms with Gasteiger partial charge in [0, 0.05) is 5.69 Å². The third-order valence-electron chi connectivity index (χ3n) is 4.63. The number of nitriles is 1. The lowest BCUT2D eigenvalue weighted by molar-refractivity contribution is -0.136. The Morgan fingerprint density at radius 1 is 1.09 bits per heavy atom. The van der Waals surface area contributed by atoms with Crippen molar-refractivity contribution < 1.29 is 23.5 Å². The van der Waals surface area contributed by atoms with Crippen molar-refractivity contribution in [3.8, 4) is 17.6 Å². The summed E-state index contributed by atoms with van der Waals surface area (Å²) in [5.41, 5.74) is 4.73. The molecule has 178 valence electrons. The molecule has 0 aliphatic heterocycles. The number of methoxy groups -OCH3 is 1. The topological polar surface area (TPSA) is 113 Å². The maximum absolute atomic E-state index is 13.1. The molecule has 0 bridgehead atoms. The summed E-state index contributed by atoms with van der Waals surface area (Å²) in [6.07, 6.45) is 1.60. The number of hydrazone groups is 1. The SMILES string of the molecule is COc1cc(/C=N/NC(=O)C(=O)Nc2ccc(CC#N)cc2)cc(Br)c1OCc1ccc(F)cc1. The lowest BCUT2D eigenvalue weighted by Gasteiger charge is -2.13. The van der Waals surface area contributed by atoms with Crippen LogP contribution >= 0.6 is 15.9 Å². The number of anilines is 1. The van der Waals surface area contributed by atoms with E-state index < -0.39 is 11.8 Å². The summed E-state index contributed by atoms with van der Waals surface area (Å²) in [6.45, 7) is 0.203. The van der Waals surface area contributed by atoms with Crippen LogP contribution in [-0.2, 0) is 22.6 Å². The monoisotopic (exact) mass is 538 g/mol. The number of nitrogens with zero attached hydrogens (tertiary/aromatic N) is 2. The number of carbonyl (C=O) groups is 2. The molecule has 2 N–H and O–H groups in total. The highest BCUT2D eigenvalue weighted by atomic mass is 79.9. The number of ether oxygens (including phenoxy) is 2. The fourth-order valence-corrected chi connectivity index (χ4v) is 3.47. The Morgan fingerprint density at radius 3 is 2.43 bits per heavy atom. The molecular weight excluding hydrogens is 519 g/mol. The van der Waals surface area contributed by atoms with Crippen LogP contribution in [0.2, 0.25) is 0 Å². The molecule has 0 atom stereocenters. The molecule has 0 spiro atoms. The number of rotatable bonds is 8. The van der Waals surface area contributed by atoms with E-state index in [1.165, 1.54) is 25.5 Å². The molecule has 8 nitrogen and oxygen atoms in total. The summed E-state index contributed by atoms with van der Waals surface area (Å²) in [5.74, 6) is -1.32. The van der Waals surface area contributed by atoms with Gasteiger partial charge < -0.3 is 14.8 Å². The summed E-state index contributed by atoms with van der Waals surface area (Å²) >= 11 is 3.42. The van der Waals surface area contributed by atoms with E-state index in [4.69, 9.17) is 14.7 Å². The molecule has 0 radical (unpaired) electrons. The van der Waals surface area contributed by atoms with Gasteiger partial charge in [0.2, 0.25) is 0 Å². The molecule has 0 heterocycles. The summed E-state index contributed by atoms with van der Waals surface area (Å²) in [6, 6.07) is 17.9. The summed E-state index contributed by atoms with van der Waals surface area (Å²) in [7, 11) is 1.48. The number of hydrogen-bond acceptors (Lipinski definition) is 6. The normalized spacial score (nSPS) is 10.5. The van der Waals surface area contributed by atoms with Gasteiger partial charge in [-0.15, -0.1) is 0 Å². The fraction of sp³-hybridized carbons (Fsp3) is 0.120. The first-order valence-electron chi connectivity index (χ1n) is 10.2. The van der Waals surface area contributed by atoms with Crippen LogP contribution in [0, 0.1) is 17.1 Å². The van der Waals surface area contributed by atoms with E-state index in [9.17, 15) is 14.0 Å². The van der Waals surface area contributed by atoms with Gasteiger partial charge in [-0.3, -0.25) is 9.59 Å². The second kappa shape index (κ2) is 12.3. The van der Waals surface area contributed by atoms with Gasteiger partial charge in [-0.25, -0.2) is 9.82 Å². The highest BCUT2D eigenvalue weighted by Crippen LogP contribution is 2.36. The number of carbonyl (C=O) groups excluding carboxylic acids is 2. The predicted molar refractivity (Wildman–Crippen MR) is 132 cm³/mol. The van der Waals surface area contributed by atoms with Gasteiger partial charge >= 0.3 is 11.8 Å². The van der Waals surface area contributed by atoms with Crippen molar-refractivity contribution in [1.82, 2.24) is 5.43 Å². The first-order valence-corrected chi connectivity index (χ1v) is 11.0. The molecule has 3 rings (SSSR count). The molecule has 0 aliphatic rings. The minimum atomic E-state index is -0.951.